The average Bonchev–Trinajstić information content (AvgIpc) is 2.70. The second-order valence-corrected chi connectivity index (χ2v) is 5.74. The van der Waals surface area contributed by atoms with E-state index in [0.29, 0.717) is 0 Å². The van der Waals surface area contributed by atoms with Gasteiger partial charge < -0.3 is 24.6 Å². The maximum absolute atomic E-state index is 12.5. The zero-order valence-electron chi connectivity index (χ0n) is 15.8. The fraction of sp³-hybridized carbons (Fsp3) is 0.389. The minimum absolute atomic E-state index is 0.00552. The third-order valence-corrected chi connectivity index (χ3v) is 4.06. The van der Waals surface area contributed by atoms with Crippen LogP contribution in [0.1, 0.15) is 27.6 Å². The molecule has 0 unspecified atom stereocenters. The molecule has 0 aliphatic rings. The van der Waals surface area contributed by atoms with Crippen LogP contribution < -0.4 is 5.32 Å². The van der Waals surface area contributed by atoms with E-state index in [4.69, 9.17) is 0 Å². The largest absolute Gasteiger partial charge is 0.480 e. The molecule has 0 aromatic heterocycles. The molecule has 0 radical (unpaired) electrons. The number of hydrogen-bond donors (Lipinski definition) is 2. The van der Waals surface area contributed by atoms with Crippen molar-refractivity contribution in [3.63, 3.8) is 0 Å². The first kappa shape index (κ1) is 22.6. The molecule has 2 atom stereocenters. The van der Waals surface area contributed by atoms with Crippen LogP contribution in [0.25, 0.3) is 0 Å². The summed E-state index contributed by atoms with van der Waals surface area (Å²) in [6.07, 6.45) is 0. The third kappa shape index (κ3) is 5.29. The molecule has 152 valence electrons. The van der Waals surface area contributed by atoms with Gasteiger partial charge in [0.05, 0.1) is 26.9 Å². The van der Waals surface area contributed by atoms with Crippen molar-refractivity contribution in [1.82, 2.24) is 5.32 Å². The number of esters is 3. The van der Waals surface area contributed by atoms with E-state index in [2.05, 4.69) is 19.5 Å². The van der Waals surface area contributed by atoms with Gasteiger partial charge in [-0.3, -0.25) is 14.4 Å². The Bertz CT molecular complexity index is 758. The number of aliphatic carboxylic acids is 1. The summed E-state index contributed by atoms with van der Waals surface area (Å²) >= 11 is 0. The highest BCUT2D eigenvalue weighted by Gasteiger charge is 2.42. The molecule has 28 heavy (non-hydrogen) atoms. The van der Waals surface area contributed by atoms with E-state index in [9.17, 15) is 29.1 Å². The molecular formula is C18H21NO9. The predicted octanol–water partition coefficient (Wildman–Crippen LogP) is 0.255. The van der Waals surface area contributed by atoms with Crippen LogP contribution in [0, 0.1) is 11.8 Å². The SMILES string of the molecule is COC(=O)c1cccc(C(=O)N[C@H](C(=O)O)[C@@H](C)C(C(=O)OC)C(=O)OC)c1. The van der Waals surface area contributed by atoms with E-state index in [1.165, 1.54) is 38.3 Å². The number of amides is 1. The van der Waals surface area contributed by atoms with E-state index >= 15 is 0 Å². The van der Waals surface area contributed by atoms with Gasteiger partial charge in [-0.05, 0) is 18.2 Å². The van der Waals surface area contributed by atoms with E-state index < -0.39 is 47.7 Å². The van der Waals surface area contributed by atoms with Gasteiger partial charge in [-0.25, -0.2) is 9.59 Å². The van der Waals surface area contributed by atoms with Crippen LogP contribution in [-0.2, 0) is 28.6 Å². The van der Waals surface area contributed by atoms with Gasteiger partial charge in [0.2, 0.25) is 0 Å². The molecule has 0 saturated heterocycles. The van der Waals surface area contributed by atoms with E-state index in [0.717, 1.165) is 14.2 Å². The Balaban J connectivity index is 3.14. The number of carboxylic acids is 1. The van der Waals surface area contributed by atoms with E-state index in [1.54, 1.807) is 0 Å². The van der Waals surface area contributed by atoms with Crippen molar-refractivity contribution in [3.05, 3.63) is 35.4 Å². The van der Waals surface area contributed by atoms with Crippen LogP contribution in [-0.4, -0.2) is 62.3 Å². The summed E-state index contributed by atoms with van der Waals surface area (Å²) in [5.41, 5.74) is 0.0890. The summed E-state index contributed by atoms with van der Waals surface area (Å²) in [6.45, 7) is 1.29. The monoisotopic (exact) mass is 395 g/mol. The van der Waals surface area contributed by atoms with Gasteiger partial charge in [-0.15, -0.1) is 0 Å². The maximum Gasteiger partial charge on any atom is 0.337 e. The smallest absolute Gasteiger partial charge is 0.337 e. The first-order valence-electron chi connectivity index (χ1n) is 8.05. The number of carbonyl (C=O) groups excluding carboxylic acids is 4. The summed E-state index contributed by atoms with van der Waals surface area (Å²) in [7, 11) is 3.26. The molecule has 1 rings (SSSR count). The lowest BCUT2D eigenvalue weighted by molar-refractivity contribution is -0.162. The number of carboxylic acid groups (broad SMARTS) is 1. The Labute approximate surface area is 160 Å². The molecule has 0 saturated carbocycles. The van der Waals surface area contributed by atoms with Gasteiger partial charge >= 0.3 is 23.9 Å². The van der Waals surface area contributed by atoms with Crippen LogP contribution in [0.4, 0.5) is 0 Å². The molecule has 10 heteroatoms. The summed E-state index contributed by atoms with van der Waals surface area (Å²) < 4.78 is 13.6. The molecule has 1 amide bonds. The molecular weight excluding hydrogens is 374 g/mol. The van der Waals surface area contributed by atoms with Crippen LogP contribution in [0.3, 0.4) is 0 Å². The minimum atomic E-state index is -1.61. The second-order valence-electron chi connectivity index (χ2n) is 5.74. The molecule has 0 aliphatic heterocycles. The second kappa shape index (κ2) is 10.0. The highest BCUT2D eigenvalue weighted by atomic mass is 16.5. The number of rotatable bonds is 8. The molecule has 1 aromatic carbocycles. The van der Waals surface area contributed by atoms with Crippen molar-refractivity contribution in [3.8, 4) is 0 Å². The Hall–Kier alpha value is -3.43. The Morgan fingerprint density at radius 2 is 1.46 bits per heavy atom. The van der Waals surface area contributed by atoms with Crippen molar-refractivity contribution in [2.75, 3.05) is 21.3 Å². The van der Waals surface area contributed by atoms with Crippen molar-refractivity contribution in [1.29, 1.82) is 0 Å². The lowest BCUT2D eigenvalue weighted by Crippen LogP contribution is -2.50. The lowest BCUT2D eigenvalue weighted by Gasteiger charge is -2.26. The normalized spacial score (nSPS) is 12.5. The van der Waals surface area contributed by atoms with Crippen molar-refractivity contribution < 1.29 is 43.3 Å². The minimum Gasteiger partial charge on any atom is -0.480 e. The molecule has 0 bridgehead atoms. The van der Waals surface area contributed by atoms with Gasteiger partial charge in [-0.2, -0.15) is 0 Å². The van der Waals surface area contributed by atoms with Gasteiger partial charge in [-0.1, -0.05) is 13.0 Å². The first-order valence-corrected chi connectivity index (χ1v) is 8.05. The summed E-state index contributed by atoms with van der Waals surface area (Å²) in [4.78, 5) is 59.5. The molecule has 0 aliphatic carbocycles. The third-order valence-electron chi connectivity index (χ3n) is 4.06. The average molecular weight is 395 g/mol. The molecule has 0 fully saturated rings. The van der Waals surface area contributed by atoms with Crippen molar-refractivity contribution in [2.24, 2.45) is 11.8 Å². The topological polar surface area (TPSA) is 145 Å². The predicted molar refractivity (Wildman–Crippen MR) is 93.4 cm³/mol. The van der Waals surface area contributed by atoms with Crippen LogP contribution in [0.15, 0.2) is 24.3 Å². The van der Waals surface area contributed by atoms with Crippen LogP contribution >= 0.6 is 0 Å². The Morgan fingerprint density at radius 1 is 0.929 bits per heavy atom. The zero-order valence-corrected chi connectivity index (χ0v) is 15.8. The molecule has 0 heterocycles. The highest BCUT2D eigenvalue weighted by Crippen LogP contribution is 2.20. The van der Waals surface area contributed by atoms with Crippen LogP contribution in [0.5, 0.6) is 0 Å². The van der Waals surface area contributed by atoms with E-state index in [1.807, 2.05) is 0 Å². The van der Waals surface area contributed by atoms with Crippen molar-refractivity contribution in [2.45, 2.75) is 13.0 Å². The highest BCUT2D eigenvalue weighted by molar-refractivity contribution is 6.00. The molecule has 1 aromatic rings. The maximum atomic E-state index is 12.5. The number of hydrogen-bond acceptors (Lipinski definition) is 8. The number of nitrogens with one attached hydrogen (secondary N) is 1. The first-order chi connectivity index (χ1) is 13.2. The molecule has 0 spiro atoms. The Morgan fingerprint density at radius 3 is 1.93 bits per heavy atom. The number of methoxy groups -OCH3 is 3. The summed E-state index contributed by atoms with van der Waals surface area (Å²) in [5.74, 6) is -7.70. The number of ether oxygens (including phenoxy) is 3. The van der Waals surface area contributed by atoms with Crippen LogP contribution in [0.2, 0.25) is 0 Å². The molecule has 2 N–H and O–H groups in total. The van der Waals surface area contributed by atoms with Crippen molar-refractivity contribution >= 4 is 29.8 Å². The Kier molecular flexibility index (Phi) is 8.11. The lowest BCUT2D eigenvalue weighted by atomic mass is 9.87. The zero-order chi connectivity index (χ0) is 21.4. The standard InChI is InChI=1S/C18H21NO9/c1-9(12(17(24)27-3)18(25)28-4)13(15(21)22)19-14(20)10-6-5-7-11(8-10)16(23)26-2/h5-9,12-13H,1-4H3,(H,19,20)(H,21,22)/t9-,13-/m0/s1. The number of carbonyl (C=O) groups is 5. The fourth-order valence-corrected chi connectivity index (χ4v) is 2.52. The number of benzene rings is 1. The fourth-order valence-electron chi connectivity index (χ4n) is 2.52. The van der Waals surface area contributed by atoms with Gasteiger partial charge in [0.25, 0.3) is 5.91 Å². The van der Waals surface area contributed by atoms with Gasteiger partial charge in [0.15, 0.2) is 5.92 Å². The van der Waals surface area contributed by atoms with E-state index in [-0.39, 0.29) is 11.1 Å². The molecule has 10 nitrogen and oxygen atoms in total. The quantitative estimate of drug-likeness (QED) is 0.359. The van der Waals surface area contributed by atoms with Gasteiger partial charge in [0, 0.05) is 11.5 Å². The summed E-state index contributed by atoms with van der Waals surface area (Å²) in [6, 6.07) is 3.82. The summed E-state index contributed by atoms with van der Waals surface area (Å²) in [5, 5.41) is 11.7. The van der Waals surface area contributed by atoms with Gasteiger partial charge in [0.1, 0.15) is 6.04 Å².